The zero-order chi connectivity index (χ0) is 14.7. The van der Waals surface area contributed by atoms with Crippen molar-refractivity contribution in [3.8, 4) is 0 Å². The van der Waals surface area contributed by atoms with Gasteiger partial charge in [0.2, 0.25) is 0 Å². The summed E-state index contributed by atoms with van der Waals surface area (Å²) in [6.07, 6.45) is 0. The molecule has 0 saturated carbocycles. The average Bonchev–Trinajstić information content (AvgIpc) is 2.44. The molecule has 0 heterocycles. The highest BCUT2D eigenvalue weighted by Gasteiger charge is 2.12. The van der Waals surface area contributed by atoms with Crippen LogP contribution >= 0.6 is 15.9 Å². The lowest BCUT2D eigenvalue weighted by molar-refractivity contribution is 0.102. The molecule has 2 rings (SSSR count). The average molecular weight is 334 g/mol. The van der Waals surface area contributed by atoms with E-state index in [0.717, 1.165) is 26.9 Å². The fourth-order valence-electron chi connectivity index (χ4n) is 1.95. The first-order chi connectivity index (χ1) is 9.52. The van der Waals surface area contributed by atoms with Crippen LogP contribution in [0.25, 0.3) is 0 Å². The highest BCUT2D eigenvalue weighted by Crippen LogP contribution is 2.22. The maximum atomic E-state index is 12.3. The Morgan fingerprint density at radius 2 is 2.00 bits per heavy atom. The molecule has 0 atom stereocenters. The van der Waals surface area contributed by atoms with Crippen LogP contribution in [0.3, 0.4) is 0 Å². The van der Waals surface area contributed by atoms with Crippen molar-refractivity contribution < 1.29 is 9.90 Å². The van der Waals surface area contributed by atoms with Crippen molar-refractivity contribution >= 4 is 27.5 Å². The molecule has 3 nitrogen and oxygen atoms in total. The van der Waals surface area contributed by atoms with Crippen molar-refractivity contribution in [2.24, 2.45) is 0 Å². The number of rotatable bonds is 3. The Morgan fingerprint density at radius 3 is 2.70 bits per heavy atom. The standard InChI is InChI=1S/C16H16BrNO2/c1-10-6-7-12(9-19)8-15(10)18-16(20)13-4-3-5-14(17)11(13)2/h3-8,19H,9H2,1-2H3,(H,18,20). The molecule has 0 aromatic heterocycles. The summed E-state index contributed by atoms with van der Waals surface area (Å²) >= 11 is 3.42. The predicted octanol–water partition coefficient (Wildman–Crippen LogP) is 3.81. The van der Waals surface area contributed by atoms with Gasteiger partial charge in [-0.15, -0.1) is 0 Å². The molecule has 2 N–H and O–H groups in total. The second kappa shape index (κ2) is 6.20. The van der Waals surface area contributed by atoms with Crippen LogP contribution in [0.1, 0.15) is 27.0 Å². The SMILES string of the molecule is Cc1ccc(CO)cc1NC(=O)c1cccc(Br)c1C. The van der Waals surface area contributed by atoms with Crippen molar-refractivity contribution in [3.63, 3.8) is 0 Å². The number of hydrogen-bond acceptors (Lipinski definition) is 2. The van der Waals surface area contributed by atoms with Crippen LogP contribution in [0.2, 0.25) is 0 Å². The number of halogens is 1. The van der Waals surface area contributed by atoms with E-state index in [1.807, 2.05) is 38.1 Å². The van der Waals surface area contributed by atoms with Gasteiger partial charge < -0.3 is 10.4 Å². The van der Waals surface area contributed by atoms with Crippen LogP contribution in [0.5, 0.6) is 0 Å². The Kier molecular flexibility index (Phi) is 4.57. The Morgan fingerprint density at radius 1 is 1.25 bits per heavy atom. The molecule has 0 spiro atoms. The van der Waals surface area contributed by atoms with Gasteiger partial charge in [0.15, 0.2) is 0 Å². The fourth-order valence-corrected chi connectivity index (χ4v) is 2.31. The minimum absolute atomic E-state index is 0.0426. The number of hydrogen-bond donors (Lipinski definition) is 2. The van der Waals surface area contributed by atoms with E-state index in [2.05, 4.69) is 21.2 Å². The van der Waals surface area contributed by atoms with Crippen LogP contribution in [0.15, 0.2) is 40.9 Å². The number of carbonyl (C=O) groups is 1. The Bertz CT molecular complexity index is 653. The maximum absolute atomic E-state index is 12.3. The van der Waals surface area contributed by atoms with Gasteiger partial charge >= 0.3 is 0 Å². The number of benzene rings is 2. The van der Waals surface area contributed by atoms with E-state index in [0.29, 0.717) is 5.56 Å². The van der Waals surface area contributed by atoms with E-state index in [4.69, 9.17) is 5.11 Å². The number of nitrogens with one attached hydrogen (secondary N) is 1. The number of carbonyl (C=O) groups excluding carboxylic acids is 1. The minimum Gasteiger partial charge on any atom is -0.392 e. The Labute approximate surface area is 126 Å². The van der Waals surface area contributed by atoms with Gasteiger partial charge in [0.05, 0.1) is 6.61 Å². The van der Waals surface area contributed by atoms with E-state index >= 15 is 0 Å². The molecule has 1 amide bonds. The van der Waals surface area contributed by atoms with Crippen LogP contribution in [0.4, 0.5) is 5.69 Å². The van der Waals surface area contributed by atoms with Gasteiger partial charge in [-0.25, -0.2) is 0 Å². The van der Waals surface area contributed by atoms with Gasteiger partial charge in [0, 0.05) is 15.7 Å². The Hall–Kier alpha value is -1.65. The molecule has 20 heavy (non-hydrogen) atoms. The molecule has 4 heteroatoms. The molecule has 104 valence electrons. The number of aliphatic hydroxyl groups excluding tert-OH is 1. The lowest BCUT2D eigenvalue weighted by Crippen LogP contribution is -2.14. The van der Waals surface area contributed by atoms with Gasteiger partial charge in [0.25, 0.3) is 5.91 Å². The summed E-state index contributed by atoms with van der Waals surface area (Å²) in [5.41, 5.74) is 4.00. The number of anilines is 1. The number of aryl methyl sites for hydroxylation is 1. The molecule has 0 aliphatic carbocycles. The lowest BCUT2D eigenvalue weighted by atomic mass is 10.1. The summed E-state index contributed by atoms with van der Waals surface area (Å²) in [6.45, 7) is 3.78. The van der Waals surface area contributed by atoms with Crippen molar-refractivity contribution in [3.05, 3.63) is 63.1 Å². The maximum Gasteiger partial charge on any atom is 0.255 e. The third-order valence-electron chi connectivity index (χ3n) is 3.25. The van der Waals surface area contributed by atoms with Crippen LogP contribution in [0, 0.1) is 13.8 Å². The summed E-state index contributed by atoms with van der Waals surface area (Å²) in [7, 11) is 0. The monoisotopic (exact) mass is 333 g/mol. The minimum atomic E-state index is -0.151. The molecule has 0 fully saturated rings. The van der Waals surface area contributed by atoms with E-state index in [9.17, 15) is 4.79 Å². The van der Waals surface area contributed by atoms with E-state index in [-0.39, 0.29) is 12.5 Å². The number of aliphatic hydroxyl groups is 1. The van der Waals surface area contributed by atoms with Gasteiger partial charge in [-0.1, -0.05) is 34.1 Å². The molecule has 0 bridgehead atoms. The van der Waals surface area contributed by atoms with Gasteiger partial charge in [-0.05, 0) is 48.7 Å². The van der Waals surface area contributed by atoms with E-state index < -0.39 is 0 Å². The summed E-state index contributed by atoms with van der Waals surface area (Å²) in [5.74, 6) is -0.151. The lowest BCUT2D eigenvalue weighted by Gasteiger charge is -2.12. The molecule has 0 aliphatic heterocycles. The molecule has 0 unspecified atom stereocenters. The van der Waals surface area contributed by atoms with Crippen LogP contribution in [-0.4, -0.2) is 11.0 Å². The van der Waals surface area contributed by atoms with E-state index in [1.54, 1.807) is 12.1 Å². The molecular formula is C16H16BrNO2. The first kappa shape index (κ1) is 14.8. The summed E-state index contributed by atoms with van der Waals surface area (Å²) in [4.78, 5) is 12.3. The van der Waals surface area contributed by atoms with Crippen molar-refractivity contribution in [2.45, 2.75) is 20.5 Å². The van der Waals surface area contributed by atoms with Crippen molar-refractivity contribution in [1.82, 2.24) is 0 Å². The van der Waals surface area contributed by atoms with Crippen LogP contribution < -0.4 is 5.32 Å². The normalized spacial score (nSPS) is 10.4. The molecule has 0 radical (unpaired) electrons. The molecule has 2 aromatic rings. The number of amides is 1. The summed E-state index contributed by atoms with van der Waals surface area (Å²) in [5, 5.41) is 12.1. The highest BCUT2D eigenvalue weighted by atomic mass is 79.9. The third kappa shape index (κ3) is 3.08. The first-order valence-electron chi connectivity index (χ1n) is 6.29. The summed E-state index contributed by atoms with van der Waals surface area (Å²) < 4.78 is 0.908. The first-order valence-corrected chi connectivity index (χ1v) is 7.09. The largest absolute Gasteiger partial charge is 0.392 e. The van der Waals surface area contributed by atoms with Crippen molar-refractivity contribution in [1.29, 1.82) is 0 Å². The molecular weight excluding hydrogens is 318 g/mol. The second-order valence-electron chi connectivity index (χ2n) is 4.67. The van der Waals surface area contributed by atoms with Gasteiger partial charge in [0.1, 0.15) is 0 Å². The second-order valence-corrected chi connectivity index (χ2v) is 5.53. The molecule has 0 saturated heterocycles. The quantitative estimate of drug-likeness (QED) is 0.897. The van der Waals surface area contributed by atoms with Gasteiger partial charge in [-0.3, -0.25) is 4.79 Å². The highest BCUT2D eigenvalue weighted by molar-refractivity contribution is 9.10. The Balaban J connectivity index is 2.30. The van der Waals surface area contributed by atoms with Crippen LogP contribution in [-0.2, 0) is 6.61 Å². The van der Waals surface area contributed by atoms with E-state index in [1.165, 1.54) is 0 Å². The topological polar surface area (TPSA) is 49.3 Å². The van der Waals surface area contributed by atoms with Crippen molar-refractivity contribution in [2.75, 3.05) is 5.32 Å². The fraction of sp³-hybridized carbons (Fsp3) is 0.188. The predicted molar refractivity (Wildman–Crippen MR) is 83.9 cm³/mol. The zero-order valence-corrected chi connectivity index (χ0v) is 13.0. The zero-order valence-electron chi connectivity index (χ0n) is 11.4. The third-order valence-corrected chi connectivity index (χ3v) is 4.10. The summed E-state index contributed by atoms with van der Waals surface area (Å²) in [6, 6.07) is 11.1. The van der Waals surface area contributed by atoms with Gasteiger partial charge in [-0.2, -0.15) is 0 Å². The molecule has 2 aromatic carbocycles. The smallest absolute Gasteiger partial charge is 0.255 e. The molecule has 0 aliphatic rings.